The van der Waals surface area contributed by atoms with Gasteiger partial charge in [-0.05, 0) is 97.5 Å². The normalized spacial score (nSPS) is 26.2. The largest absolute Gasteiger partial charge is 0.508 e. The van der Waals surface area contributed by atoms with Crippen LogP contribution >= 0.6 is 11.6 Å². The van der Waals surface area contributed by atoms with Crippen molar-refractivity contribution in [2.24, 2.45) is 29.1 Å². The highest BCUT2D eigenvalue weighted by Gasteiger charge is 2.67. The van der Waals surface area contributed by atoms with E-state index in [1.807, 2.05) is 48.6 Å². The maximum Gasteiger partial charge on any atom is 0.241 e. The monoisotopic (exact) mass is 746 g/mol. The first-order valence-corrected chi connectivity index (χ1v) is 18.0. The molecule has 0 spiro atoms. The molecule has 2 aliphatic carbocycles. The van der Waals surface area contributed by atoms with Gasteiger partial charge in [-0.2, -0.15) is 0 Å². The van der Waals surface area contributed by atoms with Gasteiger partial charge in [0.2, 0.25) is 23.6 Å². The third-order valence-electron chi connectivity index (χ3n) is 11.7. The number of anilines is 2. The van der Waals surface area contributed by atoms with Gasteiger partial charge in [0.25, 0.3) is 0 Å². The number of halogens is 2. The lowest BCUT2D eigenvalue weighted by atomic mass is 9.51. The summed E-state index contributed by atoms with van der Waals surface area (Å²) in [4.78, 5) is 59.8. The summed E-state index contributed by atoms with van der Waals surface area (Å²) in [6, 6.07) is 22.9. The van der Waals surface area contributed by atoms with Crippen LogP contribution in [0.4, 0.5) is 15.8 Å². The average molecular weight is 747 g/mol. The van der Waals surface area contributed by atoms with Crippen LogP contribution in [0.5, 0.6) is 17.2 Å². The summed E-state index contributed by atoms with van der Waals surface area (Å²) >= 11 is 6.10. The van der Waals surface area contributed by atoms with E-state index < -0.39 is 52.6 Å². The number of carbonyl (C=O) groups excluding carboxylic acids is 4. The topological polar surface area (TPSA) is 113 Å². The summed E-state index contributed by atoms with van der Waals surface area (Å²) in [5.41, 5.74) is 2.48. The van der Waals surface area contributed by atoms with Crippen molar-refractivity contribution in [3.05, 3.63) is 124 Å². The predicted octanol–water partition coefficient (Wildman–Crippen LogP) is 7.81. The van der Waals surface area contributed by atoms with E-state index in [2.05, 4.69) is 0 Å². The van der Waals surface area contributed by atoms with Crippen LogP contribution in [0.3, 0.4) is 0 Å². The van der Waals surface area contributed by atoms with E-state index in [9.17, 15) is 28.7 Å². The summed E-state index contributed by atoms with van der Waals surface area (Å²) in [6.45, 7) is 1.76. The molecule has 2 heterocycles. The highest BCUT2D eigenvalue weighted by molar-refractivity contribution is 6.32. The van der Waals surface area contributed by atoms with Gasteiger partial charge in [-0.25, -0.2) is 9.29 Å². The van der Waals surface area contributed by atoms with E-state index in [0.29, 0.717) is 22.7 Å². The molecule has 2 aliphatic heterocycles. The van der Waals surface area contributed by atoms with E-state index in [-0.39, 0.29) is 41.1 Å². The Morgan fingerprint density at radius 3 is 2.22 bits per heavy atom. The lowest BCUT2D eigenvalue weighted by Crippen LogP contribution is -2.48. The van der Waals surface area contributed by atoms with Crippen LogP contribution in [-0.2, 0) is 19.2 Å². The molecule has 1 saturated carbocycles. The van der Waals surface area contributed by atoms with Gasteiger partial charge in [-0.1, -0.05) is 59.7 Å². The number of rotatable bonds is 7. The number of hydrogen-bond donors (Lipinski definition) is 1. The standard InChI is InChI=1S/C43H36ClFN2O7/c1-43-33(40(50)47(42(43)52)27-12-18-35(45)34(44)21-27)22-32-30(38(43)24-8-13-28(48)14-9-24)16-17-31-37(32)41(51)46(39(31)49)26-10-5-23(6-11-26)4-7-25-20-29(53-2)15-19-36(25)54-3/h4-16,18-21,31-33,37-38,48H,17,22H2,1-3H3. The average Bonchev–Trinajstić information content (AvgIpc) is 3.55. The number of aromatic hydroxyl groups is 1. The number of phenolic OH excluding ortho intramolecular Hbond substituents is 1. The number of nitrogens with zero attached hydrogens (tertiary/aromatic N) is 2. The Hall–Kier alpha value is -5.74. The summed E-state index contributed by atoms with van der Waals surface area (Å²) < 4.78 is 25.0. The second-order valence-electron chi connectivity index (χ2n) is 14.4. The van der Waals surface area contributed by atoms with Gasteiger partial charge in [-0.3, -0.25) is 24.1 Å². The highest BCUT2D eigenvalue weighted by atomic mass is 35.5. The zero-order chi connectivity index (χ0) is 38.1. The van der Waals surface area contributed by atoms with Crippen LogP contribution in [0.1, 0.15) is 42.4 Å². The molecule has 9 nitrogen and oxygen atoms in total. The maximum absolute atomic E-state index is 14.5. The van der Waals surface area contributed by atoms with Crippen LogP contribution < -0.4 is 19.3 Å². The molecular formula is C43H36ClFN2O7. The lowest BCUT2D eigenvalue weighted by molar-refractivity contribution is -0.131. The number of fused-ring (bicyclic) bond motifs is 4. The second-order valence-corrected chi connectivity index (χ2v) is 14.8. The third kappa shape index (κ3) is 5.42. The Morgan fingerprint density at radius 1 is 0.815 bits per heavy atom. The van der Waals surface area contributed by atoms with Gasteiger partial charge >= 0.3 is 0 Å². The quantitative estimate of drug-likeness (QED) is 0.117. The summed E-state index contributed by atoms with van der Waals surface area (Å²) in [7, 11) is 3.19. The molecule has 4 amide bonds. The van der Waals surface area contributed by atoms with E-state index >= 15 is 0 Å². The molecule has 0 radical (unpaired) electrons. The van der Waals surface area contributed by atoms with Gasteiger partial charge < -0.3 is 14.6 Å². The van der Waals surface area contributed by atoms with Crippen LogP contribution in [0.15, 0.2) is 96.6 Å². The molecule has 0 aromatic heterocycles. The number of hydrogen-bond acceptors (Lipinski definition) is 7. The molecule has 274 valence electrons. The molecule has 4 aliphatic rings. The van der Waals surface area contributed by atoms with Gasteiger partial charge in [0.15, 0.2) is 0 Å². The van der Waals surface area contributed by atoms with Gasteiger partial charge in [0.1, 0.15) is 23.1 Å². The summed E-state index contributed by atoms with van der Waals surface area (Å²) in [5, 5.41) is 9.93. The molecule has 11 heteroatoms. The van der Waals surface area contributed by atoms with Crippen molar-refractivity contribution >= 4 is 58.8 Å². The van der Waals surface area contributed by atoms with Crippen molar-refractivity contribution in [1.29, 1.82) is 0 Å². The molecule has 6 unspecified atom stereocenters. The Labute approximate surface area is 316 Å². The number of carbonyl (C=O) groups is 4. The van der Waals surface area contributed by atoms with Crippen molar-refractivity contribution in [1.82, 2.24) is 0 Å². The van der Waals surface area contributed by atoms with Gasteiger partial charge in [0.05, 0.1) is 53.8 Å². The first-order chi connectivity index (χ1) is 26.0. The molecule has 6 atom stereocenters. The molecule has 3 fully saturated rings. The number of amides is 4. The summed E-state index contributed by atoms with van der Waals surface area (Å²) in [6.07, 6.45) is 6.21. The smallest absolute Gasteiger partial charge is 0.241 e. The number of ether oxygens (including phenoxy) is 2. The second kappa shape index (κ2) is 13.3. The minimum absolute atomic E-state index is 0.0376. The van der Waals surface area contributed by atoms with Crippen molar-refractivity contribution in [2.45, 2.75) is 25.7 Å². The first kappa shape index (κ1) is 35.3. The van der Waals surface area contributed by atoms with E-state index in [1.54, 1.807) is 45.4 Å². The highest BCUT2D eigenvalue weighted by Crippen LogP contribution is 2.63. The molecule has 2 saturated heterocycles. The molecule has 4 aromatic rings. The fourth-order valence-electron chi connectivity index (χ4n) is 9.08. The number of allylic oxidation sites excluding steroid dienone is 2. The minimum atomic E-state index is -1.28. The zero-order valence-electron chi connectivity index (χ0n) is 29.7. The van der Waals surface area contributed by atoms with Gasteiger partial charge in [0, 0.05) is 11.5 Å². The summed E-state index contributed by atoms with van der Waals surface area (Å²) in [5.74, 6) is -4.29. The molecular weight excluding hydrogens is 711 g/mol. The first-order valence-electron chi connectivity index (χ1n) is 17.7. The third-order valence-corrected chi connectivity index (χ3v) is 12.0. The van der Waals surface area contributed by atoms with E-state index in [0.717, 1.165) is 27.7 Å². The van der Waals surface area contributed by atoms with Crippen molar-refractivity contribution < 1.29 is 38.1 Å². The Bertz CT molecular complexity index is 2290. The number of imide groups is 2. The van der Waals surface area contributed by atoms with Crippen LogP contribution in [-0.4, -0.2) is 43.0 Å². The van der Waals surface area contributed by atoms with Crippen LogP contribution in [0, 0.1) is 34.9 Å². The van der Waals surface area contributed by atoms with Gasteiger partial charge in [-0.15, -0.1) is 0 Å². The Kier molecular flexibility index (Phi) is 8.68. The van der Waals surface area contributed by atoms with Crippen LogP contribution in [0.25, 0.3) is 12.2 Å². The fraction of sp³-hybridized carbons (Fsp3) is 0.256. The minimum Gasteiger partial charge on any atom is -0.508 e. The molecule has 1 N–H and O–H groups in total. The SMILES string of the molecule is COc1ccc(OC)c(C=Cc2ccc(N3C(=O)C4CC=C5C(CC6C(=O)N(c7ccc(F)c(Cl)c7)C(=O)C6(C)C5c5ccc(O)cc5)C4C3=O)cc2)c1. The number of benzene rings is 4. The Balaban J connectivity index is 1.13. The number of methoxy groups -OCH3 is 2. The van der Waals surface area contributed by atoms with Crippen molar-refractivity contribution in [3.8, 4) is 17.2 Å². The molecule has 4 aromatic carbocycles. The maximum atomic E-state index is 14.5. The van der Waals surface area contributed by atoms with Crippen LogP contribution in [0.2, 0.25) is 5.02 Å². The van der Waals surface area contributed by atoms with Crippen molar-refractivity contribution in [3.63, 3.8) is 0 Å². The number of phenols is 1. The predicted molar refractivity (Wildman–Crippen MR) is 202 cm³/mol. The molecule has 8 rings (SSSR count). The molecule has 0 bridgehead atoms. The molecule has 54 heavy (non-hydrogen) atoms. The lowest BCUT2D eigenvalue weighted by Gasteiger charge is -2.49. The van der Waals surface area contributed by atoms with Crippen molar-refractivity contribution in [2.75, 3.05) is 24.0 Å². The fourth-order valence-corrected chi connectivity index (χ4v) is 9.25. The van der Waals surface area contributed by atoms with E-state index in [4.69, 9.17) is 21.1 Å². The Morgan fingerprint density at radius 2 is 1.54 bits per heavy atom. The van der Waals surface area contributed by atoms with E-state index in [1.165, 1.54) is 29.2 Å². The zero-order valence-corrected chi connectivity index (χ0v) is 30.4.